The van der Waals surface area contributed by atoms with Crippen LogP contribution in [0.15, 0.2) is 6.07 Å². The standard InChI is InChI=1S/C9H9Cl2N3/c1-5(2)14-4-12-8-6(14)3-7(10)13-9(8)11/h3-5H,1-2H3/p+2. The molecule has 1 unspecified atom stereocenters. The monoisotopic (exact) mass is 231 g/mol. The maximum atomic E-state index is 5.95. The molecule has 3 nitrogen and oxygen atoms in total. The highest BCUT2D eigenvalue weighted by Gasteiger charge is 2.33. The SMILES string of the molecule is CC(C)[NH+]1C=[NH+]c2c1cc(Cl)nc2Cl. The molecule has 0 saturated heterocycles. The van der Waals surface area contributed by atoms with Gasteiger partial charge in [0.05, 0.1) is 6.04 Å². The second-order valence-corrected chi connectivity index (χ2v) is 4.30. The van der Waals surface area contributed by atoms with Crippen molar-refractivity contribution in [2.75, 3.05) is 0 Å². The van der Waals surface area contributed by atoms with E-state index in [2.05, 4.69) is 23.8 Å². The molecule has 2 rings (SSSR count). The second kappa shape index (κ2) is 3.50. The third-order valence-electron chi connectivity index (χ3n) is 2.25. The summed E-state index contributed by atoms with van der Waals surface area (Å²) in [7, 11) is 0. The van der Waals surface area contributed by atoms with Gasteiger partial charge in [-0.05, 0) is 13.8 Å². The molecule has 0 fully saturated rings. The predicted molar refractivity (Wildman–Crippen MR) is 56.7 cm³/mol. The highest BCUT2D eigenvalue weighted by atomic mass is 35.5. The van der Waals surface area contributed by atoms with Crippen molar-refractivity contribution < 1.29 is 9.89 Å². The van der Waals surface area contributed by atoms with E-state index in [1.54, 1.807) is 0 Å². The summed E-state index contributed by atoms with van der Waals surface area (Å²) >= 11 is 11.8. The second-order valence-electron chi connectivity index (χ2n) is 3.56. The van der Waals surface area contributed by atoms with Gasteiger partial charge in [-0.25, -0.2) is 9.88 Å². The van der Waals surface area contributed by atoms with Crippen LogP contribution >= 0.6 is 23.2 Å². The van der Waals surface area contributed by atoms with Crippen LogP contribution in [0.5, 0.6) is 0 Å². The Labute approximate surface area is 92.4 Å². The number of nitrogens with zero attached hydrogens (tertiary/aromatic N) is 1. The smallest absolute Gasteiger partial charge is 0.217 e. The first kappa shape index (κ1) is 9.90. The van der Waals surface area contributed by atoms with Crippen LogP contribution < -0.4 is 9.89 Å². The summed E-state index contributed by atoms with van der Waals surface area (Å²) < 4.78 is 0. The topological polar surface area (TPSA) is 31.3 Å². The average Bonchev–Trinajstić information content (AvgIpc) is 2.47. The highest BCUT2D eigenvalue weighted by Crippen LogP contribution is 2.25. The maximum Gasteiger partial charge on any atom is 0.334 e. The van der Waals surface area contributed by atoms with Gasteiger partial charge in [-0.1, -0.05) is 23.2 Å². The first-order valence-electron chi connectivity index (χ1n) is 4.42. The summed E-state index contributed by atoms with van der Waals surface area (Å²) in [6, 6.07) is 2.28. The summed E-state index contributed by atoms with van der Waals surface area (Å²) in [5.41, 5.74) is 1.92. The fourth-order valence-corrected chi connectivity index (χ4v) is 2.04. The van der Waals surface area contributed by atoms with Crippen LogP contribution in [0, 0.1) is 0 Å². The van der Waals surface area contributed by atoms with E-state index in [0.29, 0.717) is 16.3 Å². The van der Waals surface area contributed by atoms with Crippen molar-refractivity contribution >= 4 is 40.9 Å². The molecule has 1 aliphatic heterocycles. The van der Waals surface area contributed by atoms with Crippen molar-refractivity contribution in [3.63, 3.8) is 0 Å². The molecule has 1 aromatic rings. The third kappa shape index (κ3) is 1.52. The Morgan fingerprint density at radius 3 is 2.79 bits per heavy atom. The van der Waals surface area contributed by atoms with E-state index in [-0.39, 0.29) is 0 Å². The Balaban J connectivity index is 2.54. The van der Waals surface area contributed by atoms with Gasteiger partial charge >= 0.3 is 12.0 Å². The molecule has 0 spiro atoms. The molecule has 0 aliphatic carbocycles. The molecule has 14 heavy (non-hydrogen) atoms. The Kier molecular flexibility index (Phi) is 2.47. The van der Waals surface area contributed by atoms with Crippen molar-refractivity contribution in [1.29, 1.82) is 0 Å². The lowest BCUT2D eigenvalue weighted by molar-refractivity contribution is -0.758. The van der Waals surface area contributed by atoms with Gasteiger partial charge in [-0.2, -0.15) is 4.99 Å². The summed E-state index contributed by atoms with van der Waals surface area (Å²) in [5, 5.41) is 0.864. The van der Waals surface area contributed by atoms with Gasteiger partial charge in [0.25, 0.3) is 0 Å². The quantitative estimate of drug-likeness (QED) is 0.659. The number of pyridine rings is 1. The number of halogens is 2. The Bertz CT molecular complexity index is 401. The van der Waals surface area contributed by atoms with Crippen LogP contribution in [-0.2, 0) is 0 Å². The van der Waals surface area contributed by atoms with E-state index in [1.165, 1.54) is 4.90 Å². The highest BCUT2D eigenvalue weighted by molar-refractivity contribution is 6.34. The zero-order valence-corrected chi connectivity index (χ0v) is 9.45. The molecule has 74 valence electrons. The number of hydrogen-bond donors (Lipinski definition) is 2. The first-order valence-corrected chi connectivity index (χ1v) is 5.18. The van der Waals surface area contributed by atoms with Gasteiger partial charge in [0.1, 0.15) is 5.15 Å². The lowest BCUT2D eigenvalue weighted by atomic mass is 10.3. The molecule has 2 heterocycles. The molecular weight excluding hydrogens is 221 g/mol. The van der Waals surface area contributed by atoms with E-state index in [1.807, 2.05) is 12.4 Å². The van der Waals surface area contributed by atoms with Crippen LogP contribution in [0.3, 0.4) is 0 Å². The summed E-state index contributed by atoms with van der Waals surface area (Å²) in [4.78, 5) is 8.30. The van der Waals surface area contributed by atoms with Gasteiger partial charge in [-0.3, -0.25) is 0 Å². The fraction of sp³-hybridized carbons (Fsp3) is 0.333. The molecule has 0 aromatic carbocycles. The van der Waals surface area contributed by atoms with Crippen LogP contribution in [0.1, 0.15) is 13.8 Å². The van der Waals surface area contributed by atoms with Crippen LogP contribution in [0.25, 0.3) is 0 Å². The number of aromatic nitrogens is 1. The average molecular weight is 232 g/mol. The Morgan fingerprint density at radius 1 is 1.43 bits per heavy atom. The molecule has 2 N–H and O–H groups in total. The number of hydrogen-bond acceptors (Lipinski definition) is 1. The Morgan fingerprint density at radius 2 is 2.14 bits per heavy atom. The largest absolute Gasteiger partial charge is 0.334 e. The van der Waals surface area contributed by atoms with E-state index in [9.17, 15) is 0 Å². The Hall–Kier alpha value is -0.640. The molecule has 1 atom stereocenters. The van der Waals surface area contributed by atoms with E-state index >= 15 is 0 Å². The zero-order chi connectivity index (χ0) is 10.3. The number of quaternary nitrogens is 1. The van der Waals surface area contributed by atoms with Gasteiger partial charge in [0.2, 0.25) is 10.8 Å². The van der Waals surface area contributed by atoms with Gasteiger partial charge in [0, 0.05) is 6.07 Å². The minimum Gasteiger partial charge on any atom is -0.217 e. The van der Waals surface area contributed by atoms with Gasteiger partial charge in [0.15, 0.2) is 0 Å². The van der Waals surface area contributed by atoms with Crippen molar-refractivity contribution in [3.05, 3.63) is 16.4 Å². The van der Waals surface area contributed by atoms with Crippen molar-refractivity contribution in [2.24, 2.45) is 0 Å². The molecule has 5 heteroatoms. The third-order valence-corrected chi connectivity index (χ3v) is 2.72. The molecule has 1 aromatic heterocycles. The lowest BCUT2D eigenvalue weighted by Gasteiger charge is -2.10. The number of fused-ring (bicyclic) bond motifs is 1. The van der Waals surface area contributed by atoms with Crippen LogP contribution in [-0.4, -0.2) is 17.4 Å². The van der Waals surface area contributed by atoms with Crippen molar-refractivity contribution in [2.45, 2.75) is 19.9 Å². The van der Waals surface area contributed by atoms with E-state index in [0.717, 1.165) is 11.4 Å². The normalized spacial score (nSPS) is 19.1. The number of rotatable bonds is 1. The molecule has 0 saturated carbocycles. The first-order chi connectivity index (χ1) is 6.59. The molecule has 1 aliphatic rings. The summed E-state index contributed by atoms with van der Waals surface area (Å²) in [5.74, 6) is 0. The van der Waals surface area contributed by atoms with Crippen molar-refractivity contribution in [3.8, 4) is 0 Å². The molecular formula is C9H11Cl2N3+2. The van der Waals surface area contributed by atoms with Crippen molar-refractivity contribution in [1.82, 2.24) is 4.98 Å². The molecule has 0 radical (unpaired) electrons. The van der Waals surface area contributed by atoms with E-state index in [4.69, 9.17) is 23.2 Å². The van der Waals surface area contributed by atoms with Gasteiger partial charge < -0.3 is 0 Å². The van der Waals surface area contributed by atoms with E-state index < -0.39 is 0 Å². The van der Waals surface area contributed by atoms with Gasteiger partial charge in [-0.15, -0.1) is 0 Å². The minimum atomic E-state index is 0.430. The lowest BCUT2D eigenvalue weighted by Crippen LogP contribution is -3.10. The molecule has 0 amide bonds. The summed E-state index contributed by atoms with van der Waals surface area (Å²) in [6.45, 7) is 4.26. The summed E-state index contributed by atoms with van der Waals surface area (Å²) in [6.07, 6.45) is 1.96. The number of nitrogens with one attached hydrogen (secondary N) is 2. The minimum absolute atomic E-state index is 0.430. The predicted octanol–water partition coefficient (Wildman–Crippen LogP) is 0.0672. The fourth-order valence-electron chi connectivity index (χ4n) is 1.55. The van der Waals surface area contributed by atoms with Crippen LogP contribution in [0.4, 0.5) is 11.4 Å². The van der Waals surface area contributed by atoms with Crippen LogP contribution in [0.2, 0.25) is 10.3 Å². The maximum absolute atomic E-state index is 5.95. The zero-order valence-electron chi connectivity index (χ0n) is 7.94. The molecule has 0 bridgehead atoms.